The fourth-order valence-corrected chi connectivity index (χ4v) is 4.72. The zero-order valence-corrected chi connectivity index (χ0v) is 19.9. The number of benzene rings is 2. The van der Waals surface area contributed by atoms with Crippen LogP contribution in [-0.2, 0) is 4.79 Å². The minimum absolute atomic E-state index is 0.0186. The minimum atomic E-state index is -1.07. The van der Waals surface area contributed by atoms with Crippen molar-refractivity contribution in [2.75, 3.05) is 26.4 Å². The minimum Gasteiger partial charge on any atom is -0.491 e. The number of carbonyl (C=O) groups is 2. The second-order valence-corrected chi connectivity index (χ2v) is 8.84. The lowest BCUT2D eigenvalue weighted by molar-refractivity contribution is -0.142. The molecule has 2 aliphatic heterocycles. The summed E-state index contributed by atoms with van der Waals surface area (Å²) < 4.78 is 6.07. The van der Waals surface area contributed by atoms with Crippen LogP contribution in [0.3, 0.4) is 0 Å². The number of carboxylic acid groups (broad SMARTS) is 1. The number of hydrogen-bond acceptors (Lipinski definition) is 6. The van der Waals surface area contributed by atoms with E-state index in [4.69, 9.17) is 16.3 Å². The Hall–Kier alpha value is -3.56. The van der Waals surface area contributed by atoms with Gasteiger partial charge >= 0.3 is 5.97 Å². The van der Waals surface area contributed by atoms with Crippen LogP contribution >= 0.6 is 11.6 Å². The summed E-state index contributed by atoms with van der Waals surface area (Å²) in [7, 11) is 0. The number of rotatable bonds is 6. The normalized spacial score (nSPS) is 21.3. The van der Waals surface area contributed by atoms with Crippen LogP contribution in [0.15, 0.2) is 36.4 Å². The molecular weight excluding hydrogens is 468 g/mol. The summed E-state index contributed by atoms with van der Waals surface area (Å²) in [6, 6.07) is 12.0. The van der Waals surface area contributed by atoms with Crippen LogP contribution in [0, 0.1) is 29.1 Å². The summed E-state index contributed by atoms with van der Waals surface area (Å²) in [5.74, 6) is 4.90. The van der Waals surface area contributed by atoms with Gasteiger partial charge in [0.25, 0.3) is 0 Å². The van der Waals surface area contributed by atoms with Crippen molar-refractivity contribution in [3.63, 3.8) is 0 Å². The fourth-order valence-electron chi connectivity index (χ4n) is 4.55. The third kappa shape index (κ3) is 5.26. The molecule has 180 valence electrons. The van der Waals surface area contributed by atoms with Crippen molar-refractivity contribution in [3.05, 3.63) is 52.5 Å². The number of nitrogens with one attached hydrogen (secondary N) is 2. The average Bonchev–Trinajstić information content (AvgIpc) is 2.86. The van der Waals surface area contributed by atoms with Gasteiger partial charge in [-0.3, -0.25) is 10.1 Å². The van der Waals surface area contributed by atoms with E-state index in [1.165, 1.54) is 6.07 Å². The Balaban J connectivity index is 1.52. The largest absolute Gasteiger partial charge is 0.491 e. The second-order valence-electron chi connectivity index (χ2n) is 8.40. The Kier molecular flexibility index (Phi) is 7.57. The van der Waals surface area contributed by atoms with Crippen LogP contribution in [0.5, 0.6) is 5.75 Å². The van der Waals surface area contributed by atoms with E-state index in [0.717, 1.165) is 0 Å². The summed E-state index contributed by atoms with van der Waals surface area (Å²) in [6.07, 6.45) is 0.479. The van der Waals surface area contributed by atoms with Crippen LogP contribution < -0.4 is 15.4 Å². The lowest BCUT2D eigenvalue weighted by Crippen LogP contribution is -2.64. The Bertz CT molecular complexity index is 1250. The number of nitrogens with zero attached hydrogens (tertiary/aromatic N) is 2. The smallest absolute Gasteiger partial charge is 0.336 e. The van der Waals surface area contributed by atoms with E-state index in [-0.39, 0.29) is 36.1 Å². The van der Waals surface area contributed by atoms with Gasteiger partial charge in [0.1, 0.15) is 12.4 Å². The first-order valence-electron chi connectivity index (χ1n) is 11.3. The highest BCUT2D eigenvalue weighted by atomic mass is 35.5. The summed E-state index contributed by atoms with van der Waals surface area (Å²) in [5, 5.41) is 25.8. The van der Waals surface area contributed by atoms with Crippen molar-refractivity contribution >= 4 is 23.5 Å². The number of ether oxygens (including phenoxy) is 1. The van der Waals surface area contributed by atoms with E-state index in [1.54, 1.807) is 42.2 Å². The van der Waals surface area contributed by atoms with Gasteiger partial charge in [-0.05, 0) is 37.6 Å². The number of carboxylic acids is 1. The average molecular weight is 493 g/mol. The first kappa shape index (κ1) is 24.6. The second kappa shape index (κ2) is 10.8. The van der Waals surface area contributed by atoms with E-state index in [9.17, 15) is 20.0 Å². The maximum absolute atomic E-state index is 13.0. The van der Waals surface area contributed by atoms with Crippen molar-refractivity contribution in [1.82, 2.24) is 15.5 Å². The standard InChI is InChI=1S/C26H25ClN4O4/c1-2-4-18-19(5-3-6-20(18)26(33)34)21-11-16(27)7-8-24(21)35-10-9-31-15-30-23-14-29-17(13-28)12-22(23)25(31)32/h3,5-8,11,17,22-23,29-30H,9-10,12,14-15H2,1H3,(H,33,34). The van der Waals surface area contributed by atoms with Crippen molar-refractivity contribution < 1.29 is 19.4 Å². The van der Waals surface area contributed by atoms with Gasteiger partial charge < -0.3 is 20.1 Å². The van der Waals surface area contributed by atoms with Crippen LogP contribution in [0.1, 0.15) is 29.3 Å². The van der Waals surface area contributed by atoms with Gasteiger partial charge in [0.2, 0.25) is 5.91 Å². The first-order valence-corrected chi connectivity index (χ1v) is 11.7. The molecule has 0 aliphatic carbocycles. The van der Waals surface area contributed by atoms with E-state index >= 15 is 0 Å². The number of carbonyl (C=O) groups excluding carboxylic acids is 1. The number of hydrogen-bond donors (Lipinski definition) is 3. The summed E-state index contributed by atoms with van der Waals surface area (Å²) in [5.41, 5.74) is 1.71. The molecule has 2 heterocycles. The van der Waals surface area contributed by atoms with Gasteiger partial charge in [0, 0.05) is 34.3 Å². The Morgan fingerprint density at radius 1 is 1.29 bits per heavy atom. The number of nitriles is 1. The Morgan fingerprint density at radius 3 is 2.86 bits per heavy atom. The summed E-state index contributed by atoms with van der Waals surface area (Å²) in [6.45, 7) is 3.23. The van der Waals surface area contributed by atoms with E-state index in [2.05, 4.69) is 28.5 Å². The molecule has 0 bridgehead atoms. The van der Waals surface area contributed by atoms with E-state index in [0.29, 0.717) is 53.6 Å². The molecule has 0 radical (unpaired) electrons. The number of amides is 1. The maximum Gasteiger partial charge on any atom is 0.336 e. The topological polar surface area (TPSA) is 115 Å². The predicted octanol–water partition coefficient (Wildman–Crippen LogP) is 2.71. The van der Waals surface area contributed by atoms with Crippen LogP contribution in [0.25, 0.3) is 11.1 Å². The Labute approximate surface area is 208 Å². The van der Waals surface area contributed by atoms with Gasteiger partial charge in [0.15, 0.2) is 0 Å². The third-order valence-corrected chi connectivity index (χ3v) is 6.52. The highest BCUT2D eigenvalue weighted by molar-refractivity contribution is 6.31. The molecule has 2 aromatic rings. The predicted molar refractivity (Wildman–Crippen MR) is 131 cm³/mol. The van der Waals surface area contributed by atoms with Gasteiger partial charge in [0.05, 0.1) is 36.8 Å². The van der Waals surface area contributed by atoms with E-state index in [1.807, 2.05) is 0 Å². The van der Waals surface area contributed by atoms with Crippen LogP contribution in [-0.4, -0.2) is 60.3 Å². The van der Waals surface area contributed by atoms with Gasteiger partial charge in [-0.2, -0.15) is 5.26 Å². The van der Waals surface area contributed by atoms with Gasteiger partial charge in [-0.1, -0.05) is 29.7 Å². The van der Waals surface area contributed by atoms with Gasteiger partial charge in [-0.25, -0.2) is 4.79 Å². The molecule has 3 atom stereocenters. The van der Waals surface area contributed by atoms with Crippen molar-refractivity contribution in [2.24, 2.45) is 5.92 Å². The van der Waals surface area contributed by atoms with Crippen molar-refractivity contribution in [2.45, 2.75) is 25.4 Å². The lowest BCUT2D eigenvalue weighted by Gasteiger charge is -2.42. The number of fused-ring (bicyclic) bond motifs is 1. The summed E-state index contributed by atoms with van der Waals surface area (Å²) >= 11 is 6.26. The molecule has 8 nitrogen and oxygen atoms in total. The van der Waals surface area contributed by atoms with Gasteiger partial charge in [-0.15, -0.1) is 5.92 Å². The highest BCUT2D eigenvalue weighted by Crippen LogP contribution is 2.36. The maximum atomic E-state index is 13.0. The molecule has 2 fully saturated rings. The number of aromatic carboxylic acids is 1. The molecule has 4 rings (SSSR count). The van der Waals surface area contributed by atoms with Crippen molar-refractivity contribution in [1.29, 1.82) is 5.26 Å². The van der Waals surface area contributed by atoms with Crippen LogP contribution in [0.2, 0.25) is 5.02 Å². The van der Waals surface area contributed by atoms with Crippen LogP contribution in [0.4, 0.5) is 0 Å². The molecule has 3 unspecified atom stereocenters. The Morgan fingerprint density at radius 2 is 2.11 bits per heavy atom. The molecule has 2 aliphatic rings. The molecule has 9 heteroatoms. The SMILES string of the molecule is CC#Cc1c(C(=O)O)cccc1-c1cc(Cl)ccc1OCCN1CNC2CNC(C#N)CC2C1=O. The zero-order chi connectivity index (χ0) is 24.9. The molecule has 2 saturated heterocycles. The highest BCUT2D eigenvalue weighted by Gasteiger charge is 2.40. The number of piperidine rings is 1. The molecule has 0 aromatic heterocycles. The molecule has 1 amide bonds. The molecule has 35 heavy (non-hydrogen) atoms. The lowest BCUT2D eigenvalue weighted by atomic mass is 9.86. The molecule has 3 N–H and O–H groups in total. The quantitative estimate of drug-likeness (QED) is 0.531. The number of halogens is 1. The molecular formula is C26H25ClN4O4. The molecule has 0 saturated carbocycles. The first-order chi connectivity index (χ1) is 16.9. The van der Waals surface area contributed by atoms with E-state index < -0.39 is 5.97 Å². The third-order valence-electron chi connectivity index (χ3n) is 6.28. The fraction of sp³-hybridized carbons (Fsp3) is 0.346. The zero-order valence-electron chi connectivity index (χ0n) is 19.2. The monoisotopic (exact) mass is 492 g/mol. The molecule has 0 spiro atoms. The summed E-state index contributed by atoms with van der Waals surface area (Å²) in [4.78, 5) is 26.5. The molecule has 2 aromatic carbocycles. The van der Waals surface area contributed by atoms with Crippen molar-refractivity contribution in [3.8, 4) is 34.8 Å².